The lowest BCUT2D eigenvalue weighted by Gasteiger charge is -2.57. The predicted octanol–water partition coefficient (Wildman–Crippen LogP) is 2.50. The van der Waals surface area contributed by atoms with E-state index in [1.807, 2.05) is 0 Å². The topological polar surface area (TPSA) is 80.0 Å². The van der Waals surface area contributed by atoms with Crippen LogP contribution in [0.1, 0.15) is 58.3 Å². The maximum atomic E-state index is 11.3. The van der Waals surface area contributed by atoms with Gasteiger partial charge in [0.2, 0.25) is 5.91 Å². The molecule has 2 aliphatic heterocycles. The van der Waals surface area contributed by atoms with E-state index in [0.29, 0.717) is 35.8 Å². The van der Waals surface area contributed by atoms with E-state index in [1.165, 1.54) is 32.1 Å². The highest BCUT2D eigenvalue weighted by atomic mass is 127. The molecule has 1 spiro atoms. The van der Waals surface area contributed by atoms with E-state index in [9.17, 15) is 4.79 Å². The van der Waals surface area contributed by atoms with Crippen molar-refractivity contribution in [2.75, 3.05) is 26.2 Å². The van der Waals surface area contributed by atoms with Crippen molar-refractivity contribution in [3.8, 4) is 0 Å². The number of guanidine groups is 1. The third-order valence-corrected chi connectivity index (χ3v) is 7.19. The van der Waals surface area contributed by atoms with Gasteiger partial charge in [-0.3, -0.25) is 9.79 Å². The second kappa shape index (κ2) is 8.84. The number of ether oxygens (including phenoxy) is 1. The summed E-state index contributed by atoms with van der Waals surface area (Å²) >= 11 is 0. The molecule has 4 rings (SSSR count). The molecule has 7 heteroatoms. The Morgan fingerprint density at radius 3 is 2.78 bits per heavy atom. The van der Waals surface area contributed by atoms with E-state index in [2.05, 4.69) is 17.1 Å². The fourth-order valence-corrected chi connectivity index (χ4v) is 6.14. The molecule has 0 aromatic heterocycles. The molecular weight excluding hydrogens is 455 g/mol. The quantitative estimate of drug-likeness (QED) is 0.361. The van der Waals surface area contributed by atoms with E-state index < -0.39 is 0 Å². The number of nitrogens with two attached hydrogens (primary N) is 1. The molecule has 4 unspecified atom stereocenters. The minimum absolute atomic E-state index is 0. The van der Waals surface area contributed by atoms with E-state index in [0.717, 1.165) is 45.0 Å². The number of nitrogens with zero attached hydrogens (tertiary/aromatic N) is 2. The van der Waals surface area contributed by atoms with Crippen LogP contribution in [-0.4, -0.2) is 55.2 Å². The van der Waals surface area contributed by atoms with Gasteiger partial charge in [-0.2, -0.15) is 0 Å². The maximum absolute atomic E-state index is 11.3. The zero-order valence-electron chi connectivity index (χ0n) is 16.5. The minimum Gasteiger partial charge on any atom is -0.377 e. The summed E-state index contributed by atoms with van der Waals surface area (Å²) in [5.41, 5.74) is 5.77. The lowest BCUT2D eigenvalue weighted by atomic mass is 9.54. The van der Waals surface area contributed by atoms with Crippen LogP contribution in [0.25, 0.3) is 0 Å². The lowest BCUT2D eigenvalue weighted by molar-refractivity contribution is -0.125. The second-order valence-electron chi connectivity index (χ2n) is 8.73. The summed E-state index contributed by atoms with van der Waals surface area (Å²) in [6.07, 6.45) is 9.55. The standard InChI is InChI=1S/C20H34N4O2.HI/c1-2-22-19(24-10-5-6-14(13-24)12-16(21)25)23-17-15-7-11-26-18(15)20(17)8-3-4-9-20;/h14-15,17-18H,2-13H2,1H3,(H2,21,25)(H,22,23);1H. The fraction of sp³-hybridized carbons (Fsp3) is 0.900. The first-order valence-electron chi connectivity index (χ1n) is 10.6. The number of hydrogen-bond donors (Lipinski definition) is 2. The van der Waals surface area contributed by atoms with Crippen molar-refractivity contribution in [3.63, 3.8) is 0 Å². The number of fused-ring (bicyclic) bond motifs is 2. The van der Waals surface area contributed by atoms with Gasteiger partial charge in [0.25, 0.3) is 0 Å². The number of carbonyl (C=O) groups is 1. The number of piperidine rings is 1. The highest BCUT2D eigenvalue weighted by molar-refractivity contribution is 14.0. The molecule has 2 saturated carbocycles. The van der Waals surface area contributed by atoms with Crippen LogP contribution >= 0.6 is 24.0 Å². The largest absolute Gasteiger partial charge is 0.377 e. The zero-order valence-corrected chi connectivity index (χ0v) is 18.8. The molecule has 3 N–H and O–H groups in total. The minimum atomic E-state index is -0.186. The summed E-state index contributed by atoms with van der Waals surface area (Å²) in [4.78, 5) is 18.5. The van der Waals surface area contributed by atoms with Crippen molar-refractivity contribution < 1.29 is 9.53 Å². The Morgan fingerprint density at radius 2 is 2.07 bits per heavy atom. The molecule has 0 radical (unpaired) electrons. The van der Waals surface area contributed by atoms with Crippen molar-refractivity contribution in [1.29, 1.82) is 0 Å². The number of primary amides is 1. The number of likely N-dealkylation sites (tertiary alicyclic amines) is 1. The average molecular weight is 490 g/mol. The van der Waals surface area contributed by atoms with Crippen molar-refractivity contribution >= 4 is 35.8 Å². The van der Waals surface area contributed by atoms with Gasteiger partial charge in [0.05, 0.1) is 6.10 Å². The van der Waals surface area contributed by atoms with Gasteiger partial charge in [0.15, 0.2) is 5.96 Å². The van der Waals surface area contributed by atoms with Gasteiger partial charge in [0.1, 0.15) is 0 Å². The molecule has 0 bridgehead atoms. The number of carbonyl (C=O) groups excluding carboxylic acids is 1. The number of aliphatic imine (C=N–C) groups is 1. The van der Waals surface area contributed by atoms with Crippen molar-refractivity contribution in [2.24, 2.45) is 28.0 Å². The van der Waals surface area contributed by atoms with Gasteiger partial charge >= 0.3 is 0 Å². The van der Waals surface area contributed by atoms with E-state index >= 15 is 0 Å². The number of hydrogen-bond acceptors (Lipinski definition) is 3. The number of amides is 1. The van der Waals surface area contributed by atoms with Crippen LogP contribution in [0.3, 0.4) is 0 Å². The fourth-order valence-electron chi connectivity index (χ4n) is 6.14. The first kappa shape index (κ1) is 21.1. The Bertz CT molecular complexity index is 564. The molecule has 0 aromatic carbocycles. The molecule has 1 amide bonds. The molecule has 2 heterocycles. The third-order valence-electron chi connectivity index (χ3n) is 7.19. The maximum Gasteiger partial charge on any atom is 0.217 e. The van der Waals surface area contributed by atoms with Crippen LogP contribution < -0.4 is 11.1 Å². The van der Waals surface area contributed by atoms with Crippen LogP contribution in [0.5, 0.6) is 0 Å². The monoisotopic (exact) mass is 490 g/mol. The molecule has 4 atom stereocenters. The summed E-state index contributed by atoms with van der Waals surface area (Å²) in [5.74, 6) is 1.85. The normalized spacial score (nSPS) is 34.7. The molecule has 2 saturated heterocycles. The van der Waals surface area contributed by atoms with Gasteiger partial charge < -0.3 is 20.7 Å². The predicted molar refractivity (Wildman–Crippen MR) is 117 cm³/mol. The molecule has 2 aliphatic carbocycles. The van der Waals surface area contributed by atoms with Crippen LogP contribution in [0, 0.1) is 17.3 Å². The van der Waals surface area contributed by atoms with Gasteiger partial charge in [0, 0.05) is 50.0 Å². The highest BCUT2D eigenvalue weighted by Gasteiger charge is 2.65. The number of nitrogens with one attached hydrogen (secondary N) is 1. The van der Waals surface area contributed by atoms with E-state index in [1.54, 1.807) is 0 Å². The molecule has 154 valence electrons. The van der Waals surface area contributed by atoms with Gasteiger partial charge in [-0.15, -0.1) is 24.0 Å². The first-order chi connectivity index (χ1) is 12.6. The third kappa shape index (κ3) is 3.95. The molecule has 0 aromatic rings. The summed E-state index contributed by atoms with van der Waals surface area (Å²) in [7, 11) is 0. The van der Waals surface area contributed by atoms with Crippen LogP contribution in [0.15, 0.2) is 4.99 Å². The Balaban J connectivity index is 0.00000210. The van der Waals surface area contributed by atoms with Gasteiger partial charge in [-0.1, -0.05) is 12.8 Å². The Labute approximate surface area is 180 Å². The van der Waals surface area contributed by atoms with Crippen molar-refractivity contribution in [2.45, 2.75) is 70.4 Å². The van der Waals surface area contributed by atoms with Crippen molar-refractivity contribution in [1.82, 2.24) is 10.2 Å². The number of halogens is 1. The Hall–Kier alpha value is -0.570. The summed E-state index contributed by atoms with van der Waals surface area (Å²) in [6.45, 7) is 5.70. The summed E-state index contributed by atoms with van der Waals surface area (Å²) in [5, 5.41) is 3.88. The molecule has 27 heavy (non-hydrogen) atoms. The van der Waals surface area contributed by atoms with Gasteiger partial charge in [-0.25, -0.2) is 0 Å². The van der Waals surface area contributed by atoms with Gasteiger partial charge in [-0.05, 0) is 44.9 Å². The molecule has 4 aliphatic rings. The zero-order chi connectivity index (χ0) is 18.1. The summed E-state index contributed by atoms with van der Waals surface area (Å²) < 4.78 is 6.12. The lowest BCUT2D eigenvalue weighted by Crippen LogP contribution is -2.69. The second-order valence-corrected chi connectivity index (χ2v) is 8.73. The average Bonchev–Trinajstić information content (AvgIpc) is 3.26. The smallest absolute Gasteiger partial charge is 0.217 e. The van der Waals surface area contributed by atoms with E-state index in [4.69, 9.17) is 15.5 Å². The molecule has 6 nitrogen and oxygen atoms in total. The molecule has 4 fully saturated rings. The van der Waals surface area contributed by atoms with Crippen LogP contribution in [0.2, 0.25) is 0 Å². The Kier molecular flexibility index (Phi) is 6.93. The van der Waals surface area contributed by atoms with Crippen molar-refractivity contribution in [3.05, 3.63) is 0 Å². The molecular formula is C20H35IN4O2. The van der Waals surface area contributed by atoms with E-state index in [-0.39, 0.29) is 29.9 Å². The first-order valence-corrected chi connectivity index (χ1v) is 10.6. The number of rotatable bonds is 4. The highest BCUT2D eigenvalue weighted by Crippen LogP contribution is 2.60. The SMILES string of the molecule is CCN=C(NC1C2CCOC2C12CCCC2)N1CCCC(CC(N)=O)C1.I. The Morgan fingerprint density at radius 1 is 1.30 bits per heavy atom. The van der Waals surface area contributed by atoms with Crippen LogP contribution in [0.4, 0.5) is 0 Å². The van der Waals surface area contributed by atoms with Crippen LogP contribution in [-0.2, 0) is 9.53 Å². The summed E-state index contributed by atoms with van der Waals surface area (Å²) in [6, 6.07) is 0.499.